The lowest BCUT2D eigenvalue weighted by molar-refractivity contribution is 0.728. The second-order valence-corrected chi connectivity index (χ2v) is 3.64. The van der Waals surface area contributed by atoms with Gasteiger partial charge in [-0.3, -0.25) is 5.10 Å². The highest BCUT2D eigenvalue weighted by Gasteiger charge is 2.08. The van der Waals surface area contributed by atoms with Crippen molar-refractivity contribution in [3.63, 3.8) is 0 Å². The van der Waals surface area contributed by atoms with E-state index in [4.69, 9.17) is 0 Å². The molecule has 0 aliphatic heterocycles. The number of anilines is 1. The molecule has 0 aliphatic rings. The number of nitrogens with one attached hydrogen (secondary N) is 2. The third kappa shape index (κ3) is 1.80. The Labute approximate surface area is 96.0 Å². The summed E-state index contributed by atoms with van der Waals surface area (Å²) in [7, 11) is 0. The monoisotopic (exact) mass is 230 g/mol. The molecule has 0 aliphatic carbocycles. The van der Waals surface area contributed by atoms with E-state index in [0.29, 0.717) is 11.5 Å². The number of H-pyrrole nitrogens is 1. The minimum atomic E-state index is 0.107. The summed E-state index contributed by atoms with van der Waals surface area (Å²) >= 11 is 0. The number of fused-ring (bicyclic) bond motifs is 1. The molecule has 1 atom stereocenters. The number of nitrogens with zero attached hydrogens (tertiary/aromatic N) is 6. The number of rotatable bonds is 3. The Hall–Kier alpha value is -2.51. The zero-order chi connectivity index (χ0) is 11.7. The second kappa shape index (κ2) is 3.81. The van der Waals surface area contributed by atoms with E-state index in [1.165, 1.54) is 4.63 Å². The van der Waals surface area contributed by atoms with Gasteiger partial charge in [0, 0.05) is 11.8 Å². The van der Waals surface area contributed by atoms with Crippen molar-refractivity contribution in [1.29, 1.82) is 0 Å². The first-order valence-corrected chi connectivity index (χ1v) is 5.13. The average molecular weight is 230 g/mol. The summed E-state index contributed by atoms with van der Waals surface area (Å²) < 4.78 is 1.38. The number of aromatic nitrogens is 7. The van der Waals surface area contributed by atoms with Crippen LogP contribution in [0.2, 0.25) is 0 Å². The van der Waals surface area contributed by atoms with Crippen LogP contribution < -0.4 is 5.32 Å². The molecule has 3 aromatic rings. The van der Waals surface area contributed by atoms with Gasteiger partial charge < -0.3 is 5.32 Å². The maximum absolute atomic E-state index is 4.22. The Bertz CT molecular complexity index is 613. The molecule has 0 bridgehead atoms. The molecule has 8 heteroatoms. The highest BCUT2D eigenvalue weighted by molar-refractivity contribution is 5.43. The summed E-state index contributed by atoms with van der Waals surface area (Å²) in [5.41, 5.74) is 1.68. The summed E-state index contributed by atoms with van der Waals surface area (Å²) in [6.07, 6.45) is 3.61. The van der Waals surface area contributed by atoms with Crippen LogP contribution in [0.15, 0.2) is 24.5 Å². The molecule has 8 nitrogen and oxygen atoms in total. The van der Waals surface area contributed by atoms with Gasteiger partial charge in [0.25, 0.3) is 0 Å². The first-order chi connectivity index (χ1) is 8.33. The van der Waals surface area contributed by atoms with Crippen LogP contribution in [0, 0.1) is 0 Å². The minimum Gasteiger partial charge on any atom is -0.362 e. The van der Waals surface area contributed by atoms with Crippen LogP contribution in [0.5, 0.6) is 0 Å². The SMILES string of the molecule is CC(Nc1ccc2nnnn2n1)c1cn[nH]c1. The number of tetrazole rings is 1. The normalized spacial score (nSPS) is 12.8. The van der Waals surface area contributed by atoms with E-state index in [0.717, 1.165) is 5.56 Å². The van der Waals surface area contributed by atoms with Crippen LogP contribution in [0.4, 0.5) is 5.82 Å². The number of hydrogen-bond acceptors (Lipinski definition) is 6. The van der Waals surface area contributed by atoms with E-state index < -0.39 is 0 Å². The molecule has 1 unspecified atom stereocenters. The largest absolute Gasteiger partial charge is 0.362 e. The van der Waals surface area contributed by atoms with Gasteiger partial charge in [0.1, 0.15) is 5.82 Å². The molecule has 0 aromatic carbocycles. The molecule has 0 saturated carbocycles. The summed E-state index contributed by atoms with van der Waals surface area (Å²) in [4.78, 5) is 0. The Morgan fingerprint density at radius 1 is 1.41 bits per heavy atom. The van der Waals surface area contributed by atoms with Crippen molar-refractivity contribution in [1.82, 2.24) is 35.5 Å². The van der Waals surface area contributed by atoms with E-state index in [1.807, 2.05) is 19.2 Å². The predicted molar refractivity (Wildman–Crippen MR) is 59.2 cm³/mol. The van der Waals surface area contributed by atoms with Crippen LogP contribution in [0.3, 0.4) is 0 Å². The first-order valence-electron chi connectivity index (χ1n) is 5.13. The summed E-state index contributed by atoms with van der Waals surface area (Å²) in [5, 5.41) is 25.2. The third-order valence-corrected chi connectivity index (χ3v) is 2.45. The zero-order valence-electron chi connectivity index (χ0n) is 9.07. The van der Waals surface area contributed by atoms with E-state index >= 15 is 0 Å². The van der Waals surface area contributed by atoms with Gasteiger partial charge in [0.2, 0.25) is 0 Å². The van der Waals surface area contributed by atoms with E-state index in [9.17, 15) is 0 Å². The van der Waals surface area contributed by atoms with Crippen molar-refractivity contribution < 1.29 is 0 Å². The van der Waals surface area contributed by atoms with Gasteiger partial charge in [0.05, 0.1) is 12.2 Å². The maximum atomic E-state index is 4.22. The van der Waals surface area contributed by atoms with Gasteiger partial charge >= 0.3 is 0 Å². The van der Waals surface area contributed by atoms with Crippen LogP contribution in [-0.4, -0.2) is 35.5 Å². The van der Waals surface area contributed by atoms with Crippen molar-refractivity contribution in [2.75, 3.05) is 5.32 Å². The van der Waals surface area contributed by atoms with Crippen molar-refractivity contribution in [3.8, 4) is 0 Å². The Morgan fingerprint density at radius 2 is 2.35 bits per heavy atom. The summed E-state index contributed by atoms with van der Waals surface area (Å²) in [6, 6.07) is 3.75. The molecule has 3 heterocycles. The molecule has 17 heavy (non-hydrogen) atoms. The first kappa shape index (κ1) is 9.70. The predicted octanol–water partition coefficient (Wildman–Crippen LogP) is 0.415. The van der Waals surface area contributed by atoms with Crippen molar-refractivity contribution in [3.05, 3.63) is 30.1 Å². The fraction of sp³-hybridized carbons (Fsp3) is 0.222. The van der Waals surface area contributed by atoms with E-state index in [1.54, 1.807) is 12.3 Å². The Morgan fingerprint density at radius 3 is 3.18 bits per heavy atom. The summed E-state index contributed by atoms with van der Waals surface area (Å²) in [5.74, 6) is 0.707. The van der Waals surface area contributed by atoms with Gasteiger partial charge in [-0.05, 0) is 29.5 Å². The van der Waals surface area contributed by atoms with Gasteiger partial charge in [-0.15, -0.1) is 14.8 Å². The molecule has 86 valence electrons. The van der Waals surface area contributed by atoms with Crippen LogP contribution in [0.25, 0.3) is 5.65 Å². The summed E-state index contributed by atoms with van der Waals surface area (Å²) in [6.45, 7) is 2.02. The molecule has 3 aromatic heterocycles. The topological polar surface area (TPSA) is 96.7 Å². The lowest BCUT2D eigenvalue weighted by Gasteiger charge is -2.11. The standard InChI is InChI=1S/C9H10N8/c1-6(7-4-10-11-5-7)12-8-2-3-9-13-15-16-17(9)14-8/h2-6H,1H3,(H,10,11)(H,12,14). The quantitative estimate of drug-likeness (QED) is 0.676. The number of hydrogen-bond donors (Lipinski definition) is 2. The smallest absolute Gasteiger partial charge is 0.200 e. The van der Waals surface area contributed by atoms with Crippen molar-refractivity contribution in [2.24, 2.45) is 0 Å². The molecule has 3 rings (SSSR count). The highest BCUT2D eigenvalue weighted by atomic mass is 15.6. The van der Waals surface area contributed by atoms with Gasteiger partial charge in [-0.2, -0.15) is 5.10 Å². The fourth-order valence-corrected chi connectivity index (χ4v) is 1.53. The van der Waals surface area contributed by atoms with Gasteiger partial charge in [-0.1, -0.05) is 0 Å². The van der Waals surface area contributed by atoms with Gasteiger partial charge in [0.15, 0.2) is 5.65 Å². The molecule has 0 fully saturated rings. The molecule has 0 amide bonds. The molecule has 0 radical (unpaired) electrons. The highest BCUT2D eigenvalue weighted by Crippen LogP contribution is 2.15. The molecule has 0 spiro atoms. The van der Waals surface area contributed by atoms with Crippen molar-refractivity contribution >= 4 is 11.5 Å². The maximum Gasteiger partial charge on any atom is 0.200 e. The Balaban J connectivity index is 1.84. The third-order valence-electron chi connectivity index (χ3n) is 2.45. The zero-order valence-corrected chi connectivity index (χ0v) is 9.07. The molecule has 2 N–H and O–H groups in total. The molecular formula is C9H10N8. The van der Waals surface area contributed by atoms with E-state index in [-0.39, 0.29) is 6.04 Å². The second-order valence-electron chi connectivity index (χ2n) is 3.64. The lowest BCUT2D eigenvalue weighted by Crippen LogP contribution is -2.09. The minimum absolute atomic E-state index is 0.107. The molecule has 0 saturated heterocycles. The fourth-order valence-electron chi connectivity index (χ4n) is 1.53. The van der Waals surface area contributed by atoms with Crippen LogP contribution in [0.1, 0.15) is 18.5 Å². The Kier molecular flexibility index (Phi) is 2.18. The lowest BCUT2D eigenvalue weighted by atomic mass is 10.2. The number of aromatic amines is 1. The van der Waals surface area contributed by atoms with Crippen molar-refractivity contribution in [2.45, 2.75) is 13.0 Å². The van der Waals surface area contributed by atoms with E-state index in [2.05, 4.69) is 36.1 Å². The van der Waals surface area contributed by atoms with Crippen LogP contribution in [-0.2, 0) is 0 Å². The van der Waals surface area contributed by atoms with Crippen LogP contribution >= 0.6 is 0 Å². The molecular weight excluding hydrogens is 220 g/mol. The van der Waals surface area contributed by atoms with Gasteiger partial charge in [-0.25, -0.2) is 0 Å². The average Bonchev–Trinajstić information content (AvgIpc) is 2.99.